The highest BCUT2D eigenvalue weighted by Crippen LogP contribution is 2.41. The van der Waals surface area contributed by atoms with Gasteiger partial charge in [-0.25, -0.2) is 9.36 Å². The summed E-state index contributed by atoms with van der Waals surface area (Å²) < 4.78 is 23.5. The van der Waals surface area contributed by atoms with Crippen LogP contribution in [0.3, 0.4) is 0 Å². The van der Waals surface area contributed by atoms with Crippen molar-refractivity contribution in [3.05, 3.63) is 131 Å². The van der Waals surface area contributed by atoms with E-state index >= 15 is 0 Å². The Hall–Kier alpha value is -7.62. The molecule has 0 radical (unpaired) electrons. The zero-order valence-electron chi connectivity index (χ0n) is 36.7. The fourth-order valence-electron chi connectivity index (χ4n) is 6.90. The van der Waals surface area contributed by atoms with Gasteiger partial charge in [0.25, 0.3) is 5.79 Å². The molecule has 1 fully saturated rings. The highest BCUT2D eigenvalue weighted by Gasteiger charge is 2.34. The van der Waals surface area contributed by atoms with Crippen LogP contribution in [0.15, 0.2) is 103 Å². The highest BCUT2D eigenvalue weighted by atomic mass is 16.7. The molecular formula is C48H54N6O10. The van der Waals surface area contributed by atoms with Crippen molar-refractivity contribution in [1.82, 2.24) is 19.6 Å². The smallest absolute Gasteiger partial charge is 0.320 e. The predicted octanol–water partition coefficient (Wildman–Crippen LogP) is 7.85. The number of benzene rings is 4. The van der Waals surface area contributed by atoms with Crippen LogP contribution in [-0.4, -0.2) is 72.9 Å². The average molecular weight is 875 g/mol. The maximum Gasteiger partial charge on any atom is 0.320 e. The number of aromatic nitrogens is 4. The second-order valence-corrected chi connectivity index (χ2v) is 14.8. The number of nitrogens with one attached hydrogen (secondary N) is 1. The number of amides is 1. The van der Waals surface area contributed by atoms with Crippen molar-refractivity contribution >= 4 is 35.8 Å². The SMILES string of the molecule is CC1(C)OC(=O)CC(=O)O1.CCOc1cc(C2CC(=O)Nc3c2cnn3-c2ccccc2CC)ccc1O.CCOc1cc(C=O)ccc1O.CCc1ccccc1-n1nccc1N. The molecule has 1 amide bonds. The highest BCUT2D eigenvalue weighted by molar-refractivity contribution is 5.95. The van der Waals surface area contributed by atoms with Crippen LogP contribution in [0.5, 0.6) is 23.0 Å². The molecule has 8 rings (SSSR count). The number of ether oxygens (including phenoxy) is 4. The second kappa shape index (κ2) is 21.9. The van der Waals surface area contributed by atoms with Crippen LogP contribution in [0.1, 0.15) is 92.9 Å². The van der Waals surface area contributed by atoms with Crippen LogP contribution < -0.4 is 20.5 Å². The number of cyclic esters (lactones) is 2. The molecule has 2 aliphatic rings. The average Bonchev–Trinajstić information content (AvgIpc) is 3.90. The first kappa shape index (κ1) is 47.4. The van der Waals surface area contributed by atoms with Gasteiger partial charge in [-0.2, -0.15) is 10.2 Å². The lowest BCUT2D eigenvalue weighted by molar-refractivity contribution is -0.231. The van der Waals surface area contributed by atoms with Crippen molar-refractivity contribution in [1.29, 1.82) is 0 Å². The number of phenols is 2. The molecule has 1 unspecified atom stereocenters. The predicted molar refractivity (Wildman–Crippen MR) is 240 cm³/mol. The largest absolute Gasteiger partial charge is 0.504 e. The first-order valence-corrected chi connectivity index (χ1v) is 20.9. The summed E-state index contributed by atoms with van der Waals surface area (Å²) in [4.78, 5) is 44.0. The van der Waals surface area contributed by atoms with Gasteiger partial charge in [-0.1, -0.05) is 56.3 Å². The van der Waals surface area contributed by atoms with Crippen molar-refractivity contribution in [2.24, 2.45) is 0 Å². The van der Waals surface area contributed by atoms with Crippen molar-refractivity contribution < 1.29 is 48.3 Å². The number of esters is 2. The summed E-state index contributed by atoms with van der Waals surface area (Å²) in [5.74, 6) is -0.0294. The number of hydrogen-bond acceptors (Lipinski definition) is 13. The number of carbonyl (C=O) groups excluding carboxylic acids is 4. The van der Waals surface area contributed by atoms with Gasteiger partial charge < -0.3 is 40.2 Å². The monoisotopic (exact) mass is 874 g/mol. The minimum absolute atomic E-state index is 0.0562. The Kier molecular flexibility index (Phi) is 16.3. The second-order valence-electron chi connectivity index (χ2n) is 14.8. The van der Waals surface area contributed by atoms with Gasteiger partial charge in [0.1, 0.15) is 24.3 Å². The van der Waals surface area contributed by atoms with E-state index in [1.165, 1.54) is 37.6 Å². The van der Waals surface area contributed by atoms with Crippen LogP contribution in [0.2, 0.25) is 0 Å². The molecule has 4 heterocycles. The third-order valence-electron chi connectivity index (χ3n) is 9.81. The van der Waals surface area contributed by atoms with Gasteiger partial charge in [-0.15, -0.1) is 0 Å². The van der Waals surface area contributed by atoms with Gasteiger partial charge in [0.05, 0.1) is 37.0 Å². The molecule has 0 aliphatic carbocycles. The van der Waals surface area contributed by atoms with Gasteiger partial charge in [-0.3, -0.25) is 19.2 Å². The lowest BCUT2D eigenvalue weighted by Crippen LogP contribution is -2.39. The third-order valence-corrected chi connectivity index (χ3v) is 9.81. The molecule has 336 valence electrons. The Bertz CT molecular complexity index is 2550. The number of carbonyl (C=O) groups is 4. The number of rotatable bonds is 10. The van der Waals surface area contributed by atoms with E-state index in [2.05, 4.69) is 51.0 Å². The number of nitrogens with two attached hydrogens (primary N) is 1. The van der Waals surface area contributed by atoms with Gasteiger partial charge >= 0.3 is 11.9 Å². The van der Waals surface area contributed by atoms with Gasteiger partial charge in [0.15, 0.2) is 23.0 Å². The zero-order chi connectivity index (χ0) is 46.4. The number of aldehydes is 1. The number of anilines is 2. The Morgan fingerprint density at radius 3 is 1.88 bits per heavy atom. The van der Waals surface area contributed by atoms with E-state index in [4.69, 9.17) is 15.2 Å². The van der Waals surface area contributed by atoms with E-state index in [-0.39, 0.29) is 29.7 Å². The van der Waals surface area contributed by atoms with Gasteiger partial charge in [-0.05, 0) is 85.8 Å². The topological polar surface area (TPSA) is 219 Å². The van der Waals surface area contributed by atoms with Crippen LogP contribution in [-0.2, 0) is 36.7 Å². The van der Waals surface area contributed by atoms with Crippen molar-refractivity contribution in [2.45, 2.75) is 78.9 Å². The van der Waals surface area contributed by atoms with E-state index < -0.39 is 17.7 Å². The van der Waals surface area contributed by atoms with Crippen molar-refractivity contribution in [2.75, 3.05) is 24.3 Å². The summed E-state index contributed by atoms with van der Waals surface area (Å²) in [7, 11) is 0. The summed E-state index contributed by atoms with van der Waals surface area (Å²) in [5.41, 5.74) is 12.6. The molecule has 16 heteroatoms. The molecule has 6 aromatic rings. The van der Waals surface area contributed by atoms with Gasteiger partial charge in [0, 0.05) is 43.4 Å². The molecule has 1 atom stereocenters. The number of phenolic OH excluding ortho intramolecular Hbond substituents is 2. The number of nitrogens with zero attached hydrogens (tertiary/aromatic N) is 4. The van der Waals surface area contributed by atoms with E-state index in [9.17, 15) is 29.4 Å². The molecule has 1 saturated heterocycles. The molecule has 64 heavy (non-hydrogen) atoms. The summed E-state index contributed by atoms with van der Waals surface area (Å²) >= 11 is 0. The number of hydrogen-bond donors (Lipinski definition) is 4. The van der Waals surface area contributed by atoms with E-state index in [1.54, 1.807) is 23.0 Å². The summed E-state index contributed by atoms with van der Waals surface area (Å²) in [6.07, 6.45) is 6.14. The fraction of sp³-hybridized carbons (Fsp3) is 0.292. The molecule has 16 nitrogen and oxygen atoms in total. The van der Waals surface area contributed by atoms with E-state index in [0.29, 0.717) is 54.6 Å². The summed E-state index contributed by atoms with van der Waals surface area (Å²) in [6, 6.07) is 27.7. The third kappa shape index (κ3) is 12.1. The van der Waals surface area contributed by atoms with Crippen LogP contribution in [0, 0.1) is 0 Å². The molecule has 0 spiro atoms. The minimum atomic E-state index is -1.08. The summed E-state index contributed by atoms with van der Waals surface area (Å²) in [6.45, 7) is 11.9. The first-order chi connectivity index (χ1) is 30.7. The zero-order valence-corrected chi connectivity index (χ0v) is 36.7. The molecular weight excluding hydrogens is 821 g/mol. The lowest BCUT2D eigenvalue weighted by atomic mass is 9.87. The molecule has 2 aromatic heterocycles. The molecule has 5 N–H and O–H groups in total. The maximum absolute atomic E-state index is 12.5. The Morgan fingerprint density at radius 2 is 1.34 bits per heavy atom. The number of fused-ring (bicyclic) bond motifs is 1. The first-order valence-electron chi connectivity index (χ1n) is 20.9. The molecule has 2 aliphatic heterocycles. The normalized spacial score (nSPS) is 14.6. The molecule has 0 bridgehead atoms. The quantitative estimate of drug-likeness (QED) is 0.0586. The van der Waals surface area contributed by atoms with Crippen LogP contribution >= 0.6 is 0 Å². The van der Waals surface area contributed by atoms with Crippen LogP contribution in [0.25, 0.3) is 11.4 Å². The maximum atomic E-state index is 12.5. The fourth-order valence-corrected chi connectivity index (χ4v) is 6.90. The Morgan fingerprint density at radius 1 is 0.781 bits per heavy atom. The summed E-state index contributed by atoms with van der Waals surface area (Å²) in [5, 5.41) is 31.0. The standard InChI is InChI=1S/C22H23N3O3.C11H13N3.C9H10O3.C6H8O4/c1-3-14-7-5-6-8-18(14)25-22-17(13-23-25)16(12-21(27)24-22)15-9-10-19(26)20(11-15)28-4-2;1-2-9-5-3-4-6-10(9)14-11(12)7-8-13-14;1-2-12-9-5-7(6-10)3-4-8(9)11;1-6(2)9-4(7)3-5(8)10-6/h5-11,13,16,26H,3-4,12H2,1-2H3,(H,24,27);3-8H,2,12H2,1H3;3-6,11H,2H2,1H3;3H2,1-2H3. The number of para-hydroxylation sites is 2. The van der Waals surface area contributed by atoms with Crippen molar-refractivity contribution in [3.63, 3.8) is 0 Å². The van der Waals surface area contributed by atoms with E-state index in [0.717, 1.165) is 40.9 Å². The number of nitrogen functional groups attached to an aromatic ring is 1. The number of aryl methyl sites for hydroxylation is 2. The van der Waals surface area contributed by atoms with E-state index in [1.807, 2.05) is 73.3 Å². The lowest BCUT2D eigenvalue weighted by Gasteiger charge is -2.28. The van der Waals surface area contributed by atoms with Crippen LogP contribution in [0.4, 0.5) is 11.6 Å². The molecule has 0 saturated carbocycles. The minimum Gasteiger partial charge on any atom is -0.504 e. The Labute approximate surface area is 371 Å². The Balaban J connectivity index is 0.000000179. The molecule has 4 aromatic carbocycles. The van der Waals surface area contributed by atoms with Crippen molar-refractivity contribution in [3.8, 4) is 34.4 Å². The van der Waals surface area contributed by atoms with Gasteiger partial charge in [0.2, 0.25) is 5.91 Å². The number of aromatic hydroxyl groups is 2.